The fraction of sp³-hybridized carbons (Fsp3) is 0.417. The second-order valence-electron chi connectivity index (χ2n) is 4.58. The minimum Gasteiger partial charge on any atom is -0.481 e. The van der Waals surface area contributed by atoms with Crippen molar-refractivity contribution in [1.82, 2.24) is 0 Å². The van der Waals surface area contributed by atoms with Crippen molar-refractivity contribution in [1.29, 1.82) is 0 Å². The summed E-state index contributed by atoms with van der Waals surface area (Å²) in [6.07, 6.45) is 1.39. The molecule has 0 saturated heterocycles. The van der Waals surface area contributed by atoms with Crippen molar-refractivity contribution in [3.63, 3.8) is 0 Å². The fourth-order valence-electron chi connectivity index (χ4n) is 2.31. The molecular formula is C12H13NO4. The lowest BCUT2D eigenvalue weighted by Crippen LogP contribution is -2.15. The third-order valence-corrected chi connectivity index (χ3v) is 3.33. The molecule has 1 aromatic carbocycles. The molecule has 2 rings (SSSR count). The molecule has 0 radical (unpaired) electrons. The largest absolute Gasteiger partial charge is 0.481 e. The van der Waals surface area contributed by atoms with Crippen LogP contribution in [0.2, 0.25) is 0 Å². The van der Waals surface area contributed by atoms with E-state index in [9.17, 15) is 14.9 Å². The summed E-state index contributed by atoms with van der Waals surface area (Å²) in [4.78, 5) is 21.5. The third kappa shape index (κ3) is 2.00. The molecule has 0 heterocycles. The number of nitro groups is 1. The summed E-state index contributed by atoms with van der Waals surface area (Å²) in [5.41, 5.74) is 0.723. The third-order valence-electron chi connectivity index (χ3n) is 3.33. The number of nitrogens with zero attached hydrogens (tertiary/aromatic N) is 1. The lowest BCUT2D eigenvalue weighted by molar-refractivity contribution is -0.386. The van der Waals surface area contributed by atoms with Crippen LogP contribution >= 0.6 is 0 Å². The van der Waals surface area contributed by atoms with Crippen LogP contribution in [0.15, 0.2) is 18.2 Å². The number of hydrogen-bond donors (Lipinski definition) is 1. The fourth-order valence-corrected chi connectivity index (χ4v) is 2.31. The van der Waals surface area contributed by atoms with Crippen LogP contribution in [0.5, 0.6) is 0 Å². The van der Waals surface area contributed by atoms with Gasteiger partial charge < -0.3 is 5.11 Å². The predicted octanol–water partition coefficient (Wildman–Crippen LogP) is 2.41. The van der Waals surface area contributed by atoms with E-state index in [2.05, 4.69) is 0 Å². The highest BCUT2D eigenvalue weighted by molar-refractivity contribution is 5.71. The minimum atomic E-state index is -0.904. The van der Waals surface area contributed by atoms with E-state index in [-0.39, 0.29) is 12.1 Å². The Balaban J connectivity index is 2.49. The molecule has 1 saturated carbocycles. The van der Waals surface area contributed by atoms with Crippen LogP contribution in [0.3, 0.4) is 0 Å². The maximum Gasteiger partial charge on any atom is 0.304 e. The van der Waals surface area contributed by atoms with E-state index in [0.29, 0.717) is 24.0 Å². The number of aryl methyl sites for hydroxylation is 1. The van der Waals surface area contributed by atoms with Crippen LogP contribution in [-0.2, 0) is 10.2 Å². The molecule has 5 heteroatoms. The first-order chi connectivity index (χ1) is 7.96. The number of carboxylic acid groups (broad SMARTS) is 1. The summed E-state index contributed by atoms with van der Waals surface area (Å²) < 4.78 is 0. The quantitative estimate of drug-likeness (QED) is 0.641. The smallest absolute Gasteiger partial charge is 0.304 e. The zero-order valence-electron chi connectivity index (χ0n) is 9.47. The van der Waals surface area contributed by atoms with Crippen LogP contribution in [0.1, 0.15) is 30.4 Å². The van der Waals surface area contributed by atoms with Gasteiger partial charge in [0.25, 0.3) is 5.69 Å². The van der Waals surface area contributed by atoms with Gasteiger partial charge in [0.05, 0.1) is 11.3 Å². The van der Waals surface area contributed by atoms with Gasteiger partial charge in [-0.15, -0.1) is 0 Å². The average Bonchev–Trinajstić information content (AvgIpc) is 2.96. The molecule has 0 aromatic heterocycles. The zero-order valence-corrected chi connectivity index (χ0v) is 9.47. The number of benzene rings is 1. The van der Waals surface area contributed by atoms with Gasteiger partial charge in [-0.05, 0) is 19.8 Å². The maximum absolute atomic E-state index is 11.1. The Morgan fingerprint density at radius 2 is 2.18 bits per heavy atom. The first kappa shape index (κ1) is 11.6. The highest BCUT2D eigenvalue weighted by Gasteiger charge is 2.49. The van der Waals surface area contributed by atoms with E-state index in [1.807, 2.05) is 0 Å². The van der Waals surface area contributed by atoms with E-state index in [4.69, 9.17) is 5.11 Å². The highest BCUT2D eigenvalue weighted by Crippen LogP contribution is 2.54. The van der Waals surface area contributed by atoms with Crippen LogP contribution in [0.4, 0.5) is 5.69 Å². The lowest BCUT2D eigenvalue weighted by Gasteiger charge is -2.14. The monoisotopic (exact) mass is 235 g/mol. The molecule has 1 aliphatic rings. The Hall–Kier alpha value is -1.91. The van der Waals surface area contributed by atoms with Gasteiger partial charge in [-0.1, -0.05) is 18.2 Å². The standard InChI is InChI=1S/C12H13NO4/c1-8-3-2-4-9(11(8)13(16)17)12(5-6-12)7-10(14)15/h2-4H,5-7H2,1H3,(H,14,15). The Bertz CT molecular complexity index is 491. The van der Waals surface area contributed by atoms with Crippen LogP contribution in [-0.4, -0.2) is 16.0 Å². The molecule has 1 aliphatic carbocycles. The van der Waals surface area contributed by atoms with E-state index in [0.717, 1.165) is 0 Å². The van der Waals surface area contributed by atoms with Gasteiger partial charge >= 0.3 is 5.97 Å². The van der Waals surface area contributed by atoms with Crippen molar-refractivity contribution in [2.24, 2.45) is 0 Å². The normalized spacial score (nSPS) is 16.5. The summed E-state index contributed by atoms with van der Waals surface area (Å²) in [6.45, 7) is 1.68. The zero-order chi connectivity index (χ0) is 12.6. The van der Waals surface area contributed by atoms with Crippen molar-refractivity contribution in [2.45, 2.75) is 31.6 Å². The van der Waals surface area contributed by atoms with Gasteiger partial charge in [-0.3, -0.25) is 14.9 Å². The first-order valence-electron chi connectivity index (χ1n) is 5.42. The summed E-state index contributed by atoms with van der Waals surface area (Å²) in [5, 5.41) is 19.9. The van der Waals surface area contributed by atoms with E-state index in [1.54, 1.807) is 25.1 Å². The van der Waals surface area contributed by atoms with Crippen molar-refractivity contribution in [2.75, 3.05) is 0 Å². The van der Waals surface area contributed by atoms with E-state index < -0.39 is 16.3 Å². The predicted molar refractivity (Wildman–Crippen MR) is 61.0 cm³/mol. The molecule has 1 N–H and O–H groups in total. The molecule has 0 amide bonds. The van der Waals surface area contributed by atoms with Crippen molar-refractivity contribution >= 4 is 11.7 Å². The average molecular weight is 235 g/mol. The number of nitro benzene ring substituents is 1. The van der Waals surface area contributed by atoms with Crippen LogP contribution in [0, 0.1) is 17.0 Å². The number of aliphatic carboxylic acids is 1. The first-order valence-corrected chi connectivity index (χ1v) is 5.42. The van der Waals surface area contributed by atoms with Crippen molar-refractivity contribution < 1.29 is 14.8 Å². The SMILES string of the molecule is Cc1cccc(C2(CC(=O)O)CC2)c1[N+](=O)[O-]. The van der Waals surface area contributed by atoms with Gasteiger partial charge in [0.2, 0.25) is 0 Å². The minimum absolute atomic E-state index is 0.0305. The molecule has 1 fully saturated rings. The van der Waals surface area contributed by atoms with E-state index in [1.165, 1.54) is 0 Å². The molecule has 0 spiro atoms. The molecule has 90 valence electrons. The van der Waals surface area contributed by atoms with Crippen LogP contribution < -0.4 is 0 Å². The van der Waals surface area contributed by atoms with Crippen LogP contribution in [0.25, 0.3) is 0 Å². The van der Waals surface area contributed by atoms with Gasteiger partial charge in [-0.2, -0.15) is 0 Å². The Labute approximate surface area is 98.2 Å². The maximum atomic E-state index is 11.1. The molecule has 1 aromatic rings. The van der Waals surface area contributed by atoms with Gasteiger partial charge in [-0.25, -0.2) is 0 Å². The van der Waals surface area contributed by atoms with Crippen molar-refractivity contribution in [3.05, 3.63) is 39.4 Å². The Morgan fingerprint density at radius 1 is 1.53 bits per heavy atom. The summed E-state index contributed by atoms with van der Waals surface area (Å²) in [7, 11) is 0. The molecule has 0 aliphatic heterocycles. The molecule has 17 heavy (non-hydrogen) atoms. The van der Waals surface area contributed by atoms with E-state index >= 15 is 0 Å². The molecular weight excluding hydrogens is 222 g/mol. The Morgan fingerprint density at radius 3 is 2.65 bits per heavy atom. The molecule has 5 nitrogen and oxygen atoms in total. The summed E-state index contributed by atoms with van der Waals surface area (Å²) in [6, 6.07) is 5.11. The second-order valence-corrected chi connectivity index (χ2v) is 4.58. The number of carbonyl (C=O) groups is 1. The number of para-hydroxylation sites is 1. The topological polar surface area (TPSA) is 80.4 Å². The molecule has 0 atom stereocenters. The number of rotatable bonds is 4. The summed E-state index contributed by atoms with van der Waals surface area (Å²) >= 11 is 0. The highest BCUT2D eigenvalue weighted by atomic mass is 16.6. The van der Waals surface area contributed by atoms with Gasteiger partial charge in [0, 0.05) is 16.5 Å². The van der Waals surface area contributed by atoms with Gasteiger partial charge in [0.15, 0.2) is 0 Å². The van der Waals surface area contributed by atoms with Gasteiger partial charge in [0.1, 0.15) is 0 Å². The lowest BCUT2D eigenvalue weighted by atomic mass is 9.89. The molecule has 0 bridgehead atoms. The van der Waals surface area contributed by atoms with Crippen molar-refractivity contribution in [3.8, 4) is 0 Å². The second kappa shape index (κ2) is 3.84. The Kier molecular flexibility index (Phi) is 2.61. The number of hydrogen-bond acceptors (Lipinski definition) is 3. The molecule has 0 unspecified atom stereocenters. The number of carboxylic acids is 1. The summed E-state index contributed by atoms with van der Waals surface area (Å²) in [5.74, 6) is -0.904.